The molecule has 4 nitrogen and oxygen atoms in total. The summed E-state index contributed by atoms with van der Waals surface area (Å²) in [6.45, 7) is 1.96. The average Bonchev–Trinajstić information content (AvgIpc) is 2.72. The van der Waals surface area contributed by atoms with Crippen molar-refractivity contribution >= 4 is 17.6 Å². The fourth-order valence-corrected chi connectivity index (χ4v) is 2.63. The molecule has 1 amide bonds. The Morgan fingerprint density at radius 2 is 1.41 bits per heavy atom. The summed E-state index contributed by atoms with van der Waals surface area (Å²) in [5, 5.41) is 1.07. The topological polar surface area (TPSA) is 46.6 Å². The van der Waals surface area contributed by atoms with Crippen LogP contribution in [0.25, 0.3) is 0 Å². The van der Waals surface area contributed by atoms with Crippen LogP contribution in [-0.2, 0) is 16.1 Å². The van der Waals surface area contributed by atoms with Gasteiger partial charge in [0.15, 0.2) is 0 Å². The van der Waals surface area contributed by atoms with Gasteiger partial charge in [-0.2, -0.15) is 0 Å². The molecular weight excluding hydrogens is 338 g/mol. The van der Waals surface area contributed by atoms with Gasteiger partial charge >= 0.3 is 5.97 Å². The molecule has 0 fully saturated rings. The van der Waals surface area contributed by atoms with Crippen molar-refractivity contribution in [2.75, 3.05) is 5.06 Å². The molecule has 0 saturated heterocycles. The Morgan fingerprint density at radius 3 is 2.04 bits per heavy atom. The Balaban J connectivity index is 1.76. The summed E-state index contributed by atoms with van der Waals surface area (Å²) >= 11 is 0. The van der Waals surface area contributed by atoms with Crippen molar-refractivity contribution in [2.24, 2.45) is 0 Å². The standard InChI is InChI=1S/C23H21NO3/c1-18-12-15-21(16-13-18)24(23(26)20-10-6-3-7-11-20)27-22(25)17-14-19-8-4-2-5-9-19/h2-13,15-16H,14,17H2,1H3. The van der Waals surface area contributed by atoms with Crippen molar-refractivity contribution < 1.29 is 14.4 Å². The van der Waals surface area contributed by atoms with Crippen LogP contribution in [-0.4, -0.2) is 11.9 Å². The number of rotatable bonds is 5. The third-order valence-corrected chi connectivity index (χ3v) is 4.13. The van der Waals surface area contributed by atoms with Crippen LogP contribution in [0.1, 0.15) is 27.9 Å². The molecule has 0 radical (unpaired) electrons. The smallest absolute Gasteiger partial charge is 0.333 e. The summed E-state index contributed by atoms with van der Waals surface area (Å²) in [6, 6.07) is 25.8. The summed E-state index contributed by atoms with van der Waals surface area (Å²) < 4.78 is 0. The van der Waals surface area contributed by atoms with Gasteiger partial charge in [-0.1, -0.05) is 66.2 Å². The van der Waals surface area contributed by atoms with Crippen LogP contribution in [0.2, 0.25) is 0 Å². The zero-order chi connectivity index (χ0) is 19.1. The van der Waals surface area contributed by atoms with E-state index in [9.17, 15) is 9.59 Å². The fourth-order valence-electron chi connectivity index (χ4n) is 2.63. The first-order valence-electron chi connectivity index (χ1n) is 8.84. The van der Waals surface area contributed by atoms with E-state index in [0.29, 0.717) is 17.7 Å². The van der Waals surface area contributed by atoms with Gasteiger partial charge in [0.05, 0.1) is 12.1 Å². The van der Waals surface area contributed by atoms with E-state index in [1.807, 2.05) is 55.5 Å². The third kappa shape index (κ3) is 5.05. The number of carbonyl (C=O) groups excluding carboxylic acids is 2. The summed E-state index contributed by atoms with van der Waals surface area (Å²) in [4.78, 5) is 30.7. The van der Waals surface area contributed by atoms with Crippen LogP contribution < -0.4 is 5.06 Å². The van der Waals surface area contributed by atoms with Crippen molar-refractivity contribution in [3.05, 3.63) is 102 Å². The van der Waals surface area contributed by atoms with E-state index in [-0.39, 0.29) is 12.3 Å². The predicted molar refractivity (Wildman–Crippen MR) is 105 cm³/mol. The first-order chi connectivity index (χ1) is 13.1. The largest absolute Gasteiger partial charge is 0.333 e. The number of hydrogen-bond donors (Lipinski definition) is 0. The Kier molecular flexibility index (Phi) is 6.00. The summed E-state index contributed by atoms with van der Waals surface area (Å²) in [5.41, 5.74) is 3.07. The monoisotopic (exact) mass is 359 g/mol. The zero-order valence-corrected chi connectivity index (χ0v) is 15.2. The molecular formula is C23H21NO3. The highest BCUT2D eigenvalue weighted by Gasteiger charge is 2.22. The molecule has 0 atom stereocenters. The highest BCUT2D eigenvalue weighted by atomic mass is 16.7. The molecule has 0 spiro atoms. The fraction of sp³-hybridized carbons (Fsp3) is 0.130. The summed E-state index contributed by atoms with van der Waals surface area (Å²) in [6.07, 6.45) is 0.745. The minimum absolute atomic E-state index is 0.189. The molecule has 0 heterocycles. The lowest BCUT2D eigenvalue weighted by molar-refractivity contribution is -0.144. The maximum atomic E-state index is 12.9. The zero-order valence-electron chi connectivity index (χ0n) is 15.2. The second-order valence-electron chi connectivity index (χ2n) is 6.25. The maximum absolute atomic E-state index is 12.9. The Labute approximate surface area is 159 Å². The molecule has 136 valence electrons. The molecule has 4 heteroatoms. The Bertz CT molecular complexity index is 890. The molecule has 27 heavy (non-hydrogen) atoms. The van der Waals surface area contributed by atoms with Gasteiger partial charge in [0.2, 0.25) is 0 Å². The molecule has 0 unspecified atom stereocenters. The van der Waals surface area contributed by atoms with Crippen molar-refractivity contribution in [3.8, 4) is 0 Å². The van der Waals surface area contributed by atoms with E-state index < -0.39 is 5.97 Å². The lowest BCUT2D eigenvalue weighted by atomic mass is 10.1. The molecule has 3 aromatic rings. The molecule has 0 bridgehead atoms. The number of aryl methyl sites for hydroxylation is 2. The number of anilines is 1. The molecule has 3 aromatic carbocycles. The minimum Gasteiger partial charge on any atom is -0.333 e. The van der Waals surface area contributed by atoms with E-state index in [2.05, 4.69) is 0 Å². The van der Waals surface area contributed by atoms with Crippen LogP contribution >= 0.6 is 0 Å². The summed E-state index contributed by atoms with van der Waals surface area (Å²) in [5.74, 6) is -0.837. The van der Waals surface area contributed by atoms with Crippen LogP contribution in [0.15, 0.2) is 84.9 Å². The molecule has 0 aliphatic carbocycles. The number of nitrogens with zero attached hydrogens (tertiary/aromatic N) is 1. The van der Waals surface area contributed by atoms with Crippen LogP contribution in [0.3, 0.4) is 0 Å². The quantitative estimate of drug-likeness (QED) is 0.619. The SMILES string of the molecule is Cc1ccc(N(OC(=O)CCc2ccccc2)C(=O)c2ccccc2)cc1. The number of hydroxylamine groups is 1. The van der Waals surface area contributed by atoms with Gasteiger partial charge < -0.3 is 4.84 Å². The van der Waals surface area contributed by atoms with E-state index in [1.54, 1.807) is 36.4 Å². The van der Waals surface area contributed by atoms with Crippen molar-refractivity contribution in [1.29, 1.82) is 0 Å². The molecule has 0 N–H and O–H groups in total. The lowest BCUT2D eigenvalue weighted by Gasteiger charge is -2.21. The van der Waals surface area contributed by atoms with Gasteiger partial charge in [0.25, 0.3) is 5.91 Å². The van der Waals surface area contributed by atoms with E-state index in [4.69, 9.17) is 4.84 Å². The van der Waals surface area contributed by atoms with Crippen LogP contribution in [0.5, 0.6) is 0 Å². The van der Waals surface area contributed by atoms with Gasteiger partial charge in [0, 0.05) is 5.56 Å². The number of hydrogen-bond acceptors (Lipinski definition) is 3. The third-order valence-electron chi connectivity index (χ3n) is 4.13. The molecule has 3 rings (SSSR count). The van der Waals surface area contributed by atoms with Crippen LogP contribution in [0, 0.1) is 6.92 Å². The molecule has 0 aromatic heterocycles. The van der Waals surface area contributed by atoms with Crippen molar-refractivity contribution in [1.82, 2.24) is 0 Å². The van der Waals surface area contributed by atoms with E-state index >= 15 is 0 Å². The van der Waals surface area contributed by atoms with E-state index in [0.717, 1.165) is 16.2 Å². The Hall–Kier alpha value is -3.40. The first kappa shape index (κ1) is 18.4. The lowest BCUT2D eigenvalue weighted by Crippen LogP contribution is -2.33. The van der Waals surface area contributed by atoms with E-state index in [1.165, 1.54) is 0 Å². The van der Waals surface area contributed by atoms with Gasteiger partial charge in [-0.15, -0.1) is 5.06 Å². The second-order valence-corrected chi connectivity index (χ2v) is 6.25. The first-order valence-corrected chi connectivity index (χ1v) is 8.84. The van der Waals surface area contributed by atoms with Gasteiger partial charge in [-0.3, -0.25) is 4.79 Å². The van der Waals surface area contributed by atoms with Crippen molar-refractivity contribution in [3.63, 3.8) is 0 Å². The summed E-state index contributed by atoms with van der Waals surface area (Å²) in [7, 11) is 0. The Morgan fingerprint density at radius 1 is 0.815 bits per heavy atom. The van der Waals surface area contributed by atoms with Gasteiger partial charge in [-0.25, -0.2) is 4.79 Å². The average molecular weight is 359 g/mol. The van der Waals surface area contributed by atoms with Gasteiger partial charge in [0.1, 0.15) is 0 Å². The van der Waals surface area contributed by atoms with Crippen LogP contribution in [0.4, 0.5) is 5.69 Å². The predicted octanol–water partition coefficient (Wildman–Crippen LogP) is 4.73. The highest BCUT2D eigenvalue weighted by molar-refractivity contribution is 6.05. The number of benzene rings is 3. The number of carbonyl (C=O) groups is 2. The maximum Gasteiger partial charge on any atom is 0.333 e. The second kappa shape index (κ2) is 8.81. The number of amides is 1. The minimum atomic E-state index is -0.455. The molecule has 0 aliphatic rings. The highest BCUT2D eigenvalue weighted by Crippen LogP contribution is 2.19. The van der Waals surface area contributed by atoms with Gasteiger partial charge in [-0.05, 0) is 43.2 Å². The van der Waals surface area contributed by atoms with Crippen molar-refractivity contribution in [2.45, 2.75) is 19.8 Å². The normalized spacial score (nSPS) is 10.3. The molecule has 0 aliphatic heterocycles. The molecule has 0 saturated carbocycles.